The number of hydrogen-bond acceptors (Lipinski definition) is 4. The summed E-state index contributed by atoms with van der Waals surface area (Å²) in [6.07, 6.45) is 1.09. The van der Waals surface area contributed by atoms with Gasteiger partial charge in [-0.3, -0.25) is 9.69 Å². The van der Waals surface area contributed by atoms with Crippen LogP contribution in [0.2, 0.25) is 0 Å². The summed E-state index contributed by atoms with van der Waals surface area (Å²) in [5.41, 5.74) is 1.33. The van der Waals surface area contributed by atoms with E-state index in [0.717, 1.165) is 26.1 Å². The molecule has 1 aromatic rings. The van der Waals surface area contributed by atoms with Crippen LogP contribution in [0.15, 0.2) is 30.3 Å². The van der Waals surface area contributed by atoms with Crippen molar-refractivity contribution in [1.82, 2.24) is 10.2 Å². The maximum atomic E-state index is 11.9. The molecule has 2 fully saturated rings. The van der Waals surface area contributed by atoms with Crippen LogP contribution >= 0.6 is 0 Å². The molecule has 4 nitrogen and oxygen atoms in total. The van der Waals surface area contributed by atoms with Crippen molar-refractivity contribution in [2.45, 2.75) is 32.0 Å². The number of rotatable bonds is 4. The maximum Gasteiger partial charge on any atom is 0.323 e. The van der Waals surface area contributed by atoms with E-state index in [1.165, 1.54) is 5.56 Å². The van der Waals surface area contributed by atoms with Crippen LogP contribution in [-0.4, -0.2) is 42.6 Å². The van der Waals surface area contributed by atoms with Gasteiger partial charge in [-0.05, 0) is 24.8 Å². The second-order valence-electron chi connectivity index (χ2n) is 5.77. The van der Waals surface area contributed by atoms with Crippen LogP contribution in [0.3, 0.4) is 0 Å². The smallest absolute Gasteiger partial charge is 0.323 e. The molecule has 2 saturated heterocycles. The van der Waals surface area contributed by atoms with Gasteiger partial charge in [-0.15, -0.1) is 0 Å². The van der Waals surface area contributed by atoms with Crippen molar-refractivity contribution < 1.29 is 9.53 Å². The van der Waals surface area contributed by atoms with Gasteiger partial charge in [-0.25, -0.2) is 0 Å². The van der Waals surface area contributed by atoms with E-state index in [2.05, 4.69) is 34.5 Å². The molecule has 108 valence electrons. The zero-order chi connectivity index (χ0) is 13.9. The van der Waals surface area contributed by atoms with Crippen LogP contribution in [-0.2, 0) is 16.1 Å². The lowest BCUT2D eigenvalue weighted by Crippen LogP contribution is -2.40. The Labute approximate surface area is 120 Å². The molecule has 0 saturated carbocycles. The van der Waals surface area contributed by atoms with Gasteiger partial charge >= 0.3 is 5.97 Å². The Kier molecular flexibility index (Phi) is 4.03. The number of carbonyl (C=O) groups excluding carboxylic acids is 1. The molecule has 2 aliphatic rings. The van der Waals surface area contributed by atoms with Crippen molar-refractivity contribution in [3.63, 3.8) is 0 Å². The minimum atomic E-state index is -0.110. The monoisotopic (exact) mass is 274 g/mol. The van der Waals surface area contributed by atoms with Gasteiger partial charge in [0, 0.05) is 25.7 Å². The molecular formula is C16H22N2O2. The predicted octanol–water partition coefficient (Wildman–Crippen LogP) is 1.41. The Morgan fingerprint density at radius 2 is 2.15 bits per heavy atom. The lowest BCUT2D eigenvalue weighted by molar-refractivity contribution is -0.146. The van der Waals surface area contributed by atoms with Crippen molar-refractivity contribution in [1.29, 1.82) is 0 Å². The van der Waals surface area contributed by atoms with Crippen molar-refractivity contribution >= 4 is 5.97 Å². The minimum absolute atomic E-state index is 0.0819. The fourth-order valence-corrected chi connectivity index (χ4v) is 3.45. The number of likely N-dealkylation sites (tertiary alicyclic amines) is 1. The number of benzene rings is 1. The van der Waals surface area contributed by atoms with Crippen molar-refractivity contribution in [2.24, 2.45) is 5.92 Å². The number of nitrogens with one attached hydrogen (secondary N) is 1. The van der Waals surface area contributed by atoms with Gasteiger partial charge in [0.2, 0.25) is 0 Å². The van der Waals surface area contributed by atoms with E-state index in [1.807, 2.05) is 13.0 Å². The van der Waals surface area contributed by atoms with Crippen LogP contribution in [0, 0.1) is 5.92 Å². The summed E-state index contributed by atoms with van der Waals surface area (Å²) >= 11 is 0. The second-order valence-corrected chi connectivity index (χ2v) is 5.77. The third kappa shape index (κ3) is 2.86. The molecule has 2 bridgehead atoms. The first-order chi connectivity index (χ1) is 9.76. The third-order valence-corrected chi connectivity index (χ3v) is 4.23. The molecule has 1 aromatic carbocycles. The van der Waals surface area contributed by atoms with Crippen molar-refractivity contribution in [3.05, 3.63) is 35.9 Å². The summed E-state index contributed by atoms with van der Waals surface area (Å²) in [6.45, 7) is 5.27. The Morgan fingerprint density at radius 3 is 2.90 bits per heavy atom. The molecular weight excluding hydrogens is 252 g/mol. The Morgan fingerprint density at radius 1 is 1.35 bits per heavy atom. The molecule has 0 unspecified atom stereocenters. The predicted molar refractivity (Wildman–Crippen MR) is 77.2 cm³/mol. The molecule has 3 atom stereocenters. The SMILES string of the molecule is CCOC(=O)[C@H]1N[C@@H]2C[C@@H]1CN(Cc1ccccc1)C2. The highest BCUT2D eigenvalue weighted by atomic mass is 16.5. The van der Waals surface area contributed by atoms with E-state index in [1.54, 1.807) is 0 Å². The summed E-state index contributed by atoms with van der Waals surface area (Å²) in [5.74, 6) is 0.304. The summed E-state index contributed by atoms with van der Waals surface area (Å²) in [4.78, 5) is 14.4. The summed E-state index contributed by atoms with van der Waals surface area (Å²) in [7, 11) is 0. The van der Waals surface area contributed by atoms with Crippen LogP contribution < -0.4 is 5.32 Å². The summed E-state index contributed by atoms with van der Waals surface area (Å²) in [5, 5.41) is 3.44. The Hall–Kier alpha value is -1.39. The summed E-state index contributed by atoms with van der Waals surface area (Å²) in [6, 6.07) is 10.8. The molecule has 2 heterocycles. The van der Waals surface area contributed by atoms with Crippen LogP contribution in [0.1, 0.15) is 18.9 Å². The quantitative estimate of drug-likeness (QED) is 0.843. The van der Waals surface area contributed by atoms with Gasteiger partial charge in [-0.1, -0.05) is 30.3 Å². The molecule has 4 heteroatoms. The van der Waals surface area contributed by atoms with Gasteiger partial charge < -0.3 is 10.1 Å². The number of ether oxygens (including phenoxy) is 1. The average molecular weight is 274 g/mol. The fraction of sp³-hybridized carbons (Fsp3) is 0.562. The largest absolute Gasteiger partial charge is 0.465 e. The standard InChI is InChI=1S/C16H22N2O2/c1-2-20-16(19)15-13-8-14(17-15)11-18(10-13)9-12-6-4-3-5-7-12/h3-7,13-15,17H,2,8-11H2,1H3/t13-,14-,15+/m1/s1. The summed E-state index contributed by atoms with van der Waals surface area (Å²) < 4.78 is 5.17. The highest BCUT2D eigenvalue weighted by Gasteiger charge is 2.43. The van der Waals surface area contributed by atoms with Gasteiger partial charge in [0.1, 0.15) is 6.04 Å². The fourth-order valence-electron chi connectivity index (χ4n) is 3.45. The van der Waals surface area contributed by atoms with Crippen molar-refractivity contribution in [2.75, 3.05) is 19.7 Å². The highest BCUT2D eigenvalue weighted by molar-refractivity contribution is 5.76. The van der Waals surface area contributed by atoms with E-state index in [0.29, 0.717) is 18.6 Å². The number of carbonyl (C=O) groups is 1. The average Bonchev–Trinajstić information content (AvgIpc) is 2.75. The Balaban J connectivity index is 1.62. The molecule has 0 aliphatic carbocycles. The molecule has 0 radical (unpaired) electrons. The molecule has 3 rings (SSSR count). The molecule has 1 N–H and O–H groups in total. The molecule has 0 aromatic heterocycles. The lowest BCUT2D eigenvalue weighted by Gasteiger charge is -2.31. The van der Waals surface area contributed by atoms with E-state index in [-0.39, 0.29) is 12.0 Å². The number of nitrogens with zero attached hydrogens (tertiary/aromatic N) is 1. The number of piperidine rings is 1. The first kappa shape index (κ1) is 13.6. The number of esters is 1. The number of fused-ring (bicyclic) bond motifs is 2. The van der Waals surface area contributed by atoms with Gasteiger partial charge in [-0.2, -0.15) is 0 Å². The van der Waals surface area contributed by atoms with E-state index in [9.17, 15) is 4.79 Å². The number of hydrogen-bond donors (Lipinski definition) is 1. The molecule has 20 heavy (non-hydrogen) atoms. The first-order valence-electron chi connectivity index (χ1n) is 7.45. The van der Waals surface area contributed by atoms with Crippen LogP contribution in [0.5, 0.6) is 0 Å². The lowest BCUT2D eigenvalue weighted by atomic mass is 9.94. The van der Waals surface area contributed by atoms with E-state index >= 15 is 0 Å². The maximum absolute atomic E-state index is 11.9. The highest BCUT2D eigenvalue weighted by Crippen LogP contribution is 2.29. The molecule has 0 amide bonds. The van der Waals surface area contributed by atoms with Gasteiger partial charge in [0.25, 0.3) is 0 Å². The Bertz CT molecular complexity index is 463. The zero-order valence-electron chi connectivity index (χ0n) is 11.9. The molecule has 2 aliphatic heterocycles. The second kappa shape index (κ2) is 5.94. The van der Waals surface area contributed by atoms with Crippen LogP contribution in [0.25, 0.3) is 0 Å². The van der Waals surface area contributed by atoms with Crippen molar-refractivity contribution in [3.8, 4) is 0 Å². The van der Waals surface area contributed by atoms with Gasteiger partial charge in [0.05, 0.1) is 6.61 Å². The normalized spacial score (nSPS) is 29.4. The van der Waals surface area contributed by atoms with Gasteiger partial charge in [0.15, 0.2) is 0 Å². The third-order valence-electron chi connectivity index (χ3n) is 4.23. The minimum Gasteiger partial charge on any atom is -0.465 e. The van der Waals surface area contributed by atoms with E-state index in [4.69, 9.17) is 4.74 Å². The van der Waals surface area contributed by atoms with Crippen LogP contribution in [0.4, 0.5) is 0 Å². The molecule has 0 spiro atoms. The first-order valence-corrected chi connectivity index (χ1v) is 7.45. The van der Waals surface area contributed by atoms with E-state index < -0.39 is 0 Å². The zero-order valence-corrected chi connectivity index (χ0v) is 11.9. The topological polar surface area (TPSA) is 41.6 Å².